The monoisotopic (exact) mass is 506 g/mol. The van der Waals surface area contributed by atoms with Gasteiger partial charge in [-0.3, -0.25) is 4.90 Å². The molecule has 0 radical (unpaired) electrons. The van der Waals surface area contributed by atoms with E-state index in [4.69, 9.17) is 9.47 Å². The van der Waals surface area contributed by atoms with Crippen molar-refractivity contribution in [2.75, 3.05) is 46.9 Å². The summed E-state index contributed by atoms with van der Waals surface area (Å²) in [7, 11) is 3.46. The summed E-state index contributed by atoms with van der Waals surface area (Å²) in [5.74, 6) is 4.12. The van der Waals surface area contributed by atoms with Crippen LogP contribution in [-0.2, 0) is 13.0 Å². The van der Waals surface area contributed by atoms with Gasteiger partial charge in [-0.25, -0.2) is 0 Å². The van der Waals surface area contributed by atoms with Crippen molar-refractivity contribution >= 4 is 24.8 Å². The van der Waals surface area contributed by atoms with Crippen molar-refractivity contribution in [1.29, 1.82) is 0 Å². The van der Waals surface area contributed by atoms with Crippen LogP contribution in [0.25, 0.3) is 0 Å². The second-order valence-corrected chi connectivity index (χ2v) is 10.0. The lowest BCUT2D eigenvalue weighted by molar-refractivity contribution is 0.291. The topological polar surface area (TPSA) is 24.9 Å². The molecular formula is C28H40Cl2N2O2. The lowest BCUT2D eigenvalue weighted by Gasteiger charge is -2.22. The molecule has 2 aromatic rings. The quantitative estimate of drug-likeness (QED) is 0.450. The summed E-state index contributed by atoms with van der Waals surface area (Å²) in [6.45, 7) is 7.18. The summed E-state index contributed by atoms with van der Waals surface area (Å²) in [5.41, 5.74) is 4.31. The molecule has 2 saturated heterocycles. The molecule has 188 valence electrons. The summed E-state index contributed by atoms with van der Waals surface area (Å²) in [5, 5.41) is 0. The maximum Gasteiger partial charge on any atom is 0.127 e. The molecule has 2 aromatic carbocycles. The second-order valence-electron chi connectivity index (χ2n) is 10.0. The smallest absolute Gasteiger partial charge is 0.127 e. The predicted molar refractivity (Wildman–Crippen MR) is 144 cm³/mol. The van der Waals surface area contributed by atoms with Gasteiger partial charge in [-0.15, -0.1) is 24.8 Å². The van der Waals surface area contributed by atoms with Crippen molar-refractivity contribution in [2.45, 2.75) is 44.6 Å². The van der Waals surface area contributed by atoms with Crippen LogP contribution in [0.5, 0.6) is 11.5 Å². The molecule has 0 spiro atoms. The van der Waals surface area contributed by atoms with Crippen LogP contribution in [0.3, 0.4) is 0 Å². The number of nitrogens with zero attached hydrogens (tertiary/aromatic N) is 2. The minimum atomic E-state index is 0. The summed E-state index contributed by atoms with van der Waals surface area (Å²) in [6, 6.07) is 15.9. The molecule has 3 fully saturated rings. The van der Waals surface area contributed by atoms with E-state index in [0.717, 1.165) is 35.8 Å². The molecule has 1 saturated carbocycles. The first-order valence-corrected chi connectivity index (χ1v) is 12.5. The number of rotatable bonds is 8. The lowest BCUT2D eigenvalue weighted by Crippen LogP contribution is -2.22. The van der Waals surface area contributed by atoms with Gasteiger partial charge in [0, 0.05) is 37.8 Å². The Morgan fingerprint density at radius 3 is 2.32 bits per heavy atom. The Labute approximate surface area is 217 Å². The van der Waals surface area contributed by atoms with Gasteiger partial charge >= 0.3 is 0 Å². The van der Waals surface area contributed by atoms with Gasteiger partial charge in [-0.2, -0.15) is 0 Å². The Kier molecular flexibility index (Phi) is 9.96. The Hall–Kier alpha value is -1.46. The third kappa shape index (κ3) is 6.02. The molecule has 0 aromatic heterocycles. The fourth-order valence-electron chi connectivity index (χ4n) is 6.35. The number of likely N-dealkylation sites (tertiary alicyclic amines) is 2. The molecule has 2 aliphatic heterocycles. The molecule has 3 atom stereocenters. The average molecular weight is 508 g/mol. The van der Waals surface area contributed by atoms with Crippen molar-refractivity contribution < 1.29 is 9.47 Å². The van der Waals surface area contributed by atoms with E-state index in [-0.39, 0.29) is 24.8 Å². The molecule has 3 unspecified atom stereocenters. The number of methoxy groups -OCH3 is 2. The maximum atomic E-state index is 5.64. The van der Waals surface area contributed by atoms with E-state index in [9.17, 15) is 0 Å². The van der Waals surface area contributed by atoms with Crippen molar-refractivity contribution in [3.8, 4) is 11.5 Å². The summed E-state index contributed by atoms with van der Waals surface area (Å²) in [4.78, 5) is 5.25. The Morgan fingerprint density at radius 1 is 0.853 bits per heavy atom. The van der Waals surface area contributed by atoms with Crippen LogP contribution < -0.4 is 9.47 Å². The predicted octanol–water partition coefficient (Wildman–Crippen LogP) is 5.81. The molecule has 2 heterocycles. The third-order valence-corrected chi connectivity index (χ3v) is 8.14. The number of fused-ring (bicyclic) bond motifs is 1. The van der Waals surface area contributed by atoms with Crippen molar-refractivity contribution in [2.24, 2.45) is 11.8 Å². The lowest BCUT2D eigenvalue weighted by atomic mass is 9.86. The van der Waals surface area contributed by atoms with Gasteiger partial charge in [-0.1, -0.05) is 30.3 Å². The van der Waals surface area contributed by atoms with Crippen LogP contribution in [-0.4, -0.2) is 56.7 Å². The van der Waals surface area contributed by atoms with E-state index >= 15 is 0 Å². The highest BCUT2D eigenvalue weighted by Gasteiger charge is 2.43. The first kappa shape index (κ1) is 27.1. The van der Waals surface area contributed by atoms with E-state index in [1.807, 2.05) is 12.1 Å². The van der Waals surface area contributed by atoms with Crippen LogP contribution in [0, 0.1) is 11.8 Å². The van der Waals surface area contributed by atoms with Gasteiger partial charge in [0.25, 0.3) is 0 Å². The molecule has 6 heteroatoms. The van der Waals surface area contributed by atoms with Crippen molar-refractivity contribution in [3.63, 3.8) is 0 Å². The summed E-state index contributed by atoms with van der Waals surface area (Å²) >= 11 is 0. The zero-order valence-corrected chi connectivity index (χ0v) is 22.2. The number of halogens is 2. The molecule has 4 nitrogen and oxygen atoms in total. The highest BCUT2D eigenvalue weighted by molar-refractivity contribution is 5.85. The van der Waals surface area contributed by atoms with Crippen LogP contribution in [0.4, 0.5) is 0 Å². The fourth-order valence-corrected chi connectivity index (χ4v) is 6.35. The number of benzene rings is 2. The number of hydrogen-bond acceptors (Lipinski definition) is 4. The SMILES string of the molecule is COc1ccc(CN2CC3CCC(c4ccc(CCN5CCCC5)cc4)C3C2)c(OC)c1.Cl.Cl. The standard InChI is InChI=1S/C28H38N2O2.2ClH/c1-31-25-11-9-24(28(17-25)32-2)19-30-18-23-10-12-26(27(23)20-30)22-7-5-21(6-8-22)13-16-29-14-3-4-15-29;;/h5-9,11,17,23,26-27H,3-4,10,12-16,18-20H2,1-2H3;2*1H. The molecule has 34 heavy (non-hydrogen) atoms. The van der Waals surface area contributed by atoms with E-state index in [2.05, 4.69) is 40.1 Å². The third-order valence-electron chi connectivity index (χ3n) is 8.14. The van der Waals surface area contributed by atoms with E-state index in [1.165, 1.54) is 76.0 Å². The normalized spacial score (nSPS) is 24.4. The van der Waals surface area contributed by atoms with Gasteiger partial charge in [0.15, 0.2) is 0 Å². The molecular weight excluding hydrogens is 467 g/mol. The van der Waals surface area contributed by atoms with Gasteiger partial charge in [0.05, 0.1) is 14.2 Å². The largest absolute Gasteiger partial charge is 0.497 e. The summed E-state index contributed by atoms with van der Waals surface area (Å²) < 4.78 is 11.0. The van der Waals surface area contributed by atoms with Crippen molar-refractivity contribution in [1.82, 2.24) is 9.80 Å². The van der Waals surface area contributed by atoms with E-state index in [1.54, 1.807) is 19.8 Å². The number of hydrogen-bond donors (Lipinski definition) is 0. The zero-order valence-electron chi connectivity index (χ0n) is 20.6. The number of ether oxygens (including phenoxy) is 2. The highest BCUT2D eigenvalue weighted by Crippen LogP contribution is 2.48. The fraction of sp³-hybridized carbons (Fsp3) is 0.571. The zero-order chi connectivity index (χ0) is 21.9. The minimum Gasteiger partial charge on any atom is -0.497 e. The molecule has 0 bridgehead atoms. The van der Waals surface area contributed by atoms with Crippen molar-refractivity contribution in [3.05, 3.63) is 59.2 Å². The second kappa shape index (κ2) is 12.5. The first-order chi connectivity index (χ1) is 15.7. The minimum absolute atomic E-state index is 0. The van der Waals surface area contributed by atoms with Gasteiger partial charge in [0.1, 0.15) is 11.5 Å². The molecule has 3 aliphatic rings. The van der Waals surface area contributed by atoms with Crippen LogP contribution >= 0.6 is 24.8 Å². The molecule has 0 amide bonds. The molecule has 0 N–H and O–H groups in total. The first-order valence-electron chi connectivity index (χ1n) is 12.5. The van der Waals surface area contributed by atoms with Gasteiger partial charge in [-0.05, 0) is 80.1 Å². The Bertz CT molecular complexity index is 902. The van der Waals surface area contributed by atoms with Crippen LogP contribution in [0.15, 0.2) is 42.5 Å². The van der Waals surface area contributed by atoms with E-state index < -0.39 is 0 Å². The molecule has 5 rings (SSSR count). The Morgan fingerprint density at radius 2 is 1.62 bits per heavy atom. The van der Waals surface area contributed by atoms with Crippen LogP contribution in [0.2, 0.25) is 0 Å². The van der Waals surface area contributed by atoms with Gasteiger partial charge < -0.3 is 14.4 Å². The summed E-state index contributed by atoms with van der Waals surface area (Å²) in [6.07, 6.45) is 6.66. The molecule has 1 aliphatic carbocycles. The van der Waals surface area contributed by atoms with Gasteiger partial charge in [0.2, 0.25) is 0 Å². The van der Waals surface area contributed by atoms with Crippen LogP contribution in [0.1, 0.15) is 48.3 Å². The average Bonchev–Trinajstić information content (AvgIpc) is 3.56. The highest BCUT2D eigenvalue weighted by atomic mass is 35.5. The Balaban J connectivity index is 0.00000162. The maximum absolute atomic E-state index is 5.64. The van der Waals surface area contributed by atoms with E-state index in [0.29, 0.717) is 0 Å².